The fourth-order valence-corrected chi connectivity index (χ4v) is 2.23. The number of carbonyl (C=O) groups is 2. The topological polar surface area (TPSA) is 54.4 Å². The molecule has 0 heterocycles. The predicted molar refractivity (Wildman–Crippen MR) is 96.5 cm³/mol. The summed E-state index contributed by atoms with van der Waals surface area (Å²) in [5, 5.41) is 8.43. The molecule has 0 bridgehead atoms. The van der Waals surface area contributed by atoms with Gasteiger partial charge in [-0.2, -0.15) is 0 Å². The summed E-state index contributed by atoms with van der Waals surface area (Å²) in [7, 11) is 0. The molecule has 0 aliphatic rings. The minimum absolute atomic E-state index is 0.117. The summed E-state index contributed by atoms with van der Waals surface area (Å²) in [4.78, 5) is 21.6. The molecule has 0 aliphatic heterocycles. The summed E-state index contributed by atoms with van der Waals surface area (Å²) in [6, 6.07) is 0. The van der Waals surface area contributed by atoms with E-state index in [1.807, 2.05) is 6.08 Å². The summed E-state index contributed by atoms with van der Waals surface area (Å²) >= 11 is 0. The molecule has 130 valence electrons. The molecule has 0 aromatic rings. The van der Waals surface area contributed by atoms with Gasteiger partial charge in [-0.1, -0.05) is 82.6 Å². The van der Waals surface area contributed by atoms with Crippen molar-refractivity contribution in [2.45, 2.75) is 77.6 Å². The lowest BCUT2D eigenvalue weighted by atomic mass is 10.1. The van der Waals surface area contributed by atoms with E-state index in [-0.39, 0.29) is 12.2 Å². The predicted octanol–water partition coefficient (Wildman–Crippen LogP) is 5.62. The van der Waals surface area contributed by atoms with E-state index >= 15 is 0 Å². The molecular formula is C20H32O3. The van der Waals surface area contributed by atoms with Gasteiger partial charge < -0.3 is 5.11 Å². The van der Waals surface area contributed by atoms with Crippen LogP contribution in [0.5, 0.6) is 0 Å². The van der Waals surface area contributed by atoms with E-state index in [4.69, 9.17) is 5.11 Å². The average Bonchev–Trinajstić information content (AvgIpc) is 2.51. The van der Waals surface area contributed by atoms with Gasteiger partial charge in [0.1, 0.15) is 0 Å². The van der Waals surface area contributed by atoms with E-state index < -0.39 is 5.97 Å². The first-order valence-electron chi connectivity index (χ1n) is 8.92. The van der Waals surface area contributed by atoms with Crippen LogP contribution in [0.25, 0.3) is 0 Å². The lowest BCUT2D eigenvalue weighted by Crippen LogP contribution is -1.91. The van der Waals surface area contributed by atoms with Gasteiger partial charge in [-0.25, -0.2) is 0 Å². The highest BCUT2D eigenvalue weighted by molar-refractivity contribution is 5.99. The van der Waals surface area contributed by atoms with Crippen molar-refractivity contribution >= 4 is 11.8 Å². The van der Waals surface area contributed by atoms with Crippen LogP contribution in [-0.2, 0) is 9.59 Å². The van der Waals surface area contributed by atoms with Gasteiger partial charge in [-0.15, -0.1) is 0 Å². The van der Waals surface area contributed by atoms with Crippen molar-refractivity contribution in [3.8, 4) is 0 Å². The third kappa shape index (κ3) is 18.3. The minimum Gasteiger partial charge on any atom is -0.481 e. The van der Waals surface area contributed by atoms with Crippen LogP contribution in [0.2, 0.25) is 0 Å². The lowest BCUT2D eigenvalue weighted by Gasteiger charge is -2.00. The summed E-state index contributed by atoms with van der Waals surface area (Å²) in [6.07, 6.45) is 22.7. The number of carboxylic acid groups (broad SMARTS) is 1. The molecule has 0 spiro atoms. The van der Waals surface area contributed by atoms with Crippen molar-refractivity contribution < 1.29 is 14.7 Å². The van der Waals surface area contributed by atoms with Crippen molar-refractivity contribution in [2.24, 2.45) is 0 Å². The molecule has 0 amide bonds. The van der Waals surface area contributed by atoms with Gasteiger partial charge in [0.2, 0.25) is 0 Å². The van der Waals surface area contributed by atoms with Crippen LogP contribution in [0.15, 0.2) is 36.5 Å². The van der Waals surface area contributed by atoms with Crippen molar-refractivity contribution in [1.82, 2.24) is 0 Å². The number of unbranched alkanes of at least 4 members (excludes halogenated alkanes) is 9. The van der Waals surface area contributed by atoms with Crippen molar-refractivity contribution in [3.05, 3.63) is 36.5 Å². The lowest BCUT2D eigenvalue weighted by molar-refractivity contribution is -0.136. The summed E-state index contributed by atoms with van der Waals surface area (Å²) in [6.45, 7) is 2.24. The van der Waals surface area contributed by atoms with Crippen LogP contribution in [0.4, 0.5) is 0 Å². The Hall–Kier alpha value is -1.64. The molecule has 0 aromatic carbocycles. The van der Waals surface area contributed by atoms with Crippen LogP contribution in [-0.4, -0.2) is 16.9 Å². The molecule has 0 rings (SSSR count). The normalized spacial score (nSPS) is 11.9. The van der Waals surface area contributed by atoms with Gasteiger partial charge in [0, 0.05) is 0 Å². The number of carbonyl (C=O) groups excluding carboxylic acids is 1. The van der Waals surface area contributed by atoms with Gasteiger partial charge in [0.25, 0.3) is 0 Å². The maximum absolute atomic E-state index is 11.3. The zero-order chi connectivity index (χ0) is 17.2. The van der Waals surface area contributed by atoms with Crippen molar-refractivity contribution in [3.63, 3.8) is 0 Å². The van der Waals surface area contributed by atoms with Crippen LogP contribution in [0.1, 0.15) is 77.6 Å². The second-order valence-corrected chi connectivity index (χ2v) is 5.81. The standard InChI is InChI=1S/C20H32O3/c1-2-3-4-5-6-7-8-9-10-11-12-13-14-16-19(21)17-15-18-20(22)23/h12-17H,2-11,18H2,1H3,(H,22,23). The number of hydrogen-bond acceptors (Lipinski definition) is 2. The Kier molecular flexibility index (Phi) is 15.5. The molecule has 1 N–H and O–H groups in total. The second kappa shape index (κ2) is 16.7. The fourth-order valence-electron chi connectivity index (χ4n) is 2.23. The first-order chi connectivity index (χ1) is 11.2. The number of rotatable bonds is 15. The molecule has 3 heteroatoms. The highest BCUT2D eigenvalue weighted by Gasteiger charge is 1.92. The Morgan fingerprint density at radius 1 is 0.783 bits per heavy atom. The first-order valence-corrected chi connectivity index (χ1v) is 8.92. The average molecular weight is 320 g/mol. The molecule has 0 atom stereocenters. The fraction of sp³-hybridized carbons (Fsp3) is 0.600. The van der Waals surface area contributed by atoms with E-state index in [9.17, 15) is 9.59 Å². The number of ketones is 1. The maximum Gasteiger partial charge on any atom is 0.307 e. The second-order valence-electron chi connectivity index (χ2n) is 5.81. The van der Waals surface area contributed by atoms with E-state index in [0.717, 1.165) is 6.42 Å². The highest BCUT2D eigenvalue weighted by Crippen LogP contribution is 2.10. The van der Waals surface area contributed by atoms with Gasteiger partial charge in [0.05, 0.1) is 6.42 Å². The molecule has 0 saturated carbocycles. The molecule has 0 fully saturated rings. The van der Waals surface area contributed by atoms with E-state index in [1.54, 1.807) is 6.08 Å². The van der Waals surface area contributed by atoms with E-state index in [2.05, 4.69) is 13.0 Å². The van der Waals surface area contributed by atoms with Crippen LogP contribution >= 0.6 is 0 Å². The molecule has 0 aromatic heterocycles. The van der Waals surface area contributed by atoms with Gasteiger partial charge >= 0.3 is 5.97 Å². The molecule has 23 heavy (non-hydrogen) atoms. The Bertz CT molecular complexity index is 392. The van der Waals surface area contributed by atoms with E-state index in [1.165, 1.54) is 76.0 Å². The Balaban J connectivity index is 3.46. The third-order valence-corrected chi connectivity index (χ3v) is 3.56. The third-order valence-electron chi connectivity index (χ3n) is 3.56. The van der Waals surface area contributed by atoms with Crippen molar-refractivity contribution in [1.29, 1.82) is 0 Å². The zero-order valence-corrected chi connectivity index (χ0v) is 14.5. The maximum atomic E-state index is 11.3. The zero-order valence-electron chi connectivity index (χ0n) is 14.5. The van der Waals surface area contributed by atoms with Gasteiger partial charge in [-0.3, -0.25) is 9.59 Å². The molecule has 3 nitrogen and oxygen atoms in total. The molecule has 0 saturated heterocycles. The summed E-state index contributed by atoms with van der Waals surface area (Å²) in [5.74, 6) is -1.11. The van der Waals surface area contributed by atoms with Crippen molar-refractivity contribution in [2.75, 3.05) is 0 Å². The SMILES string of the molecule is CCCCCCCCCCCC=CC=CC(=O)C=CCC(=O)O. The van der Waals surface area contributed by atoms with Crippen LogP contribution in [0, 0.1) is 0 Å². The molecular weight excluding hydrogens is 288 g/mol. The summed E-state index contributed by atoms with van der Waals surface area (Å²) in [5.41, 5.74) is 0. The molecule has 0 unspecified atom stereocenters. The van der Waals surface area contributed by atoms with Gasteiger partial charge in [-0.05, 0) is 25.0 Å². The van der Waals surface area contributed by atoms with Gasteiger partial charge in [0.15, 0.2) is 5.78 Å². The highest BCUT2D eigenvalue weighted by atomic mass is 16.4. The number of carboxylic acids is 1. The van der Waals surface area contributed by atoms with Crippen LogP contribution in [0.3, 0.4) is 0 Å². The largest absolute Gasteiger partial charge is 0.481 e. The monoisotopic (exact) mass is 320 g/mol. The minimum atomic E-state index is -0.932. The quantitative estimate of drug-likeness (QED) is 0.242. The van der Waals surface area contributed by atoms with E-state index in [0.29, 0.717) is 0 Å². The van der Waals surface area contributed by atoms with Crippen LogP contribution < -0.4 is 0 Å². The summed E-state index contributed by atoms with van der Waals surface area (Å²) < 4.78 is 0. The number of allylic oxidation sites excluding steroid dienone is 5. The Labute approximate surface area is 141 Å². The first kappa shape index (κ1) is 21.4. The molecule has 0 radical (unpaired) electrons. The smallest absolute Gasteiger partial charge is 0.307 e. The Morgan fingerprint density at radius 2 is 1.39 bits per heavy atom. The molecule has 0 aliphatic carbocycles. The Morgan fingerprint density at radius 3 is 2.00 bits per heavy atom. The number of hydrogen-bond donors (Lipinski definition) is 1. The number of aliphatic carboxylic acids is 1.